The van der Waals surface area contributed by atoms with Crippen molar-refractivity contribution in [3.63, 3.8) is 0 Å². The molecule has 21 heavy (non-hydrogen) atoms. The Morgan fingerprint density at radius 2 is 2.10 bits per heavy atom. The molecule has 0 radical (unpaired) electrons. The van der Waals surface area contributed by atoms with Gasteiger partial charge in [-0.2, -0.15) is 0 Å². The largest absolute Gasteiger partial charge is 0.380 e. The number of rotatable bonds is 6. The molecule has 0 spiro atoms. The molecule has 1 aliphatic rings. The predicted molar refractivity (Wildman–Crippen MR) is 79.9 cm³/mol. The van der Waals surface area contributed by atoms with Crippen molar-refractivity contribution in [2.75, 3.05) is 13.7 Å². The van der Waals surface area contributed by atoms with Crippen LogP contribution in [0.4, 0.5) is 0 Å². The second-order valence-electron chi connectivity index (χ2n) is 5.02. The summed E-state index contributed by atoms with van der Waals surface area (Å²) in [4.78, 5) is 14.2. The minimum atomic E-state index is -3.93. The van der Waals surface area contributed by atoms with Gasteiger partial charge in [-0.15, -0.1) is 0 Å². The molecule has 1 aromatic carbocycles. The average molecular weight is 332 g/mol. The lowest BCUT2D eigenvalue weighted by atomic mass is 10.1. The average Bonchev–Trinajstić information content (AvgIpc) is 3.23. The fraction of sp³-hybridized carbons (Fsp3) is 0.500. The van der Waals surface area contributed by atoms with Crippen molar-refractivity contribution in [2.45, 2.75) is 37.3 Å². The first kappa shape index (κ1) is 16.3. The van der Waals surface area contributed by atoms with Gasteiger partial charge in [0.2, 0.25) is 0 Å². The number of carbonyl (C=O) groups excluding carboxylic acids is 1. The zero-order valence-electron chi connectivity index (χ0n) is 12.0. The Morgan fingerprint density at radius 3 is 2.57 bits per heavy atom. The molecule has 1 saturated carbocycles. The Morgan fingerprint density at radius 1 is 1.43 bits per heavy atom. The lowest BCUT2D eigenvalue weighted by molar-refractivity contribution is 0.0752. The van der Waals surface area contributed by atoms with Crippen LogP contribution in [0.5, 0.6) is 0 Å². The van der Waals surface area contributed by atoms with Crippen LogP contribution in [0.1, 0.15) is 35.7 Å². The van der Waals surface area contributed by atoms with Crippen molar-refractivity contribution >= 4 is 25.6 Å². The van der Waals surface area contributed by atoms with Crippen LogP contribution < -0.4 is 0 Å². The van der Waals surface area contributed by atoms with Crippen LogP contribution in [0, 0.1) is 0 Å². The zero-order valence-corrected chi connectivity index (χ0v) is 13.6. The summed E-state index contributed by atoms with van der Waals surface area (Å²) in [5, 5.41) is 0. The maximum atomic E-state index is 12.5. The van der Waals surface area contributed by atoms with Crippen molar-refractivity contribution in [1.29, 1.82) is 0 Å². The first-order valence-electron chi connectivity index (χ1n) is 6.76. The van der Waals surface area contributed by atoms with E-state index in [1.54, 1.807) is 17.0 Å². The number of carbonyl (C=O) groups is 1. The van der Waals surface area contributed by atoms with Crippen molar-refractivity contribution < 1.29 is 17.9 Å². The zero-order chi connectivity index (χ0) is 15.6. The smallest absolute Gasteiger partial charge is 0.261 e. The number of benzene rings is 1. The highest BCUT2D eigenvalue weighted by Gasteiger charge is 2.32. The van der Waals surface area contributed by atoms with E-state index in [1.807, 2.05) is 6.92 Å². The Labute approximate surface area is 129 Å². The maximum Gasteiger partial charge on any atom is 0.261 e. The maximum absolute atomic E-state index is 12.5. The molecule has 116 valence electrons. The van der Waals surface area contributed by atoms with Gasteiger partial charge in [0.1, 0.15) is 0 Å². The molecule has 0 aromatic heterocycles. The van der Waals surface area contributed by atoms with Gasteiger partial charge < -0.3 is 9.64 Å². The topological polar surface area (TPSA) is 63.7 Å². The molecule has 2 rings (SSSR count). The molecule has 0 atom stereocenters. The molecule has 0 heterocycles. The van der Waals surface area contributed by atoms with Crippen LogP contribution in [-0.4, -0.2) is 38.9 Å². The van der Waals surface area contributed by atoms with E-state index in [9.17, 15) is 13.2 Å². The summed E-state index contributed by atoms with van der Waals surface area (Å²) in [7, 11) is 3.00. The number of nitrogens with zero attached hydrogens (tertiary/aromatic N) is 1. The molecule has 1 amide bonds. The van der Waals surface area contributed by atoms with E-state index in [0.29, 0.717) is 17.7 Å². The summed E-state index contributed by atoms with van der Waals surface area (Å²) in [6, 6.07) is 4.81. The third kappa shape index (κ3) is 3.75. The molecule has 1 fully saturated rings. The van der Waals surface area contributed by atoms with E-state index < -0.39 is 9.05 Å². The van der Waals surface area contributed by atoms with E-state index in [2.05, 4.69) is 0 Å². The Bertz CT molecular complexity index is 640. The fourth-order valence-corrected chi connectivity index (χ4v) is 3.45. The second kappa shape index (κ2) is 6.34. The first-order valence-corrected chi connectivity index (χ1v) is 9.07. The molecule has 1 aliphatic carbocycles. The fourth-order valence-electron chi connectivity index (χ4n) is 2.31. The van der Waals surface area contributed by atoms with Crippen LogP contribution in [0.15, 0.2) is 23.1 Å². The number of halogens is 1. The molecule has 0 aliphatic heterocycles. The third-order valence-electron chi connectivity index (χ3n) is 3.47. The van der Waals surface area contributed by atoms with E-state index >= 15 is 0 Å². The predicted octanol–water partition coefficient (Wildman–Crippen LogP) is 2.39. The molecule has 0 unspecified atom stereocenters. The minimum Gasteiger partial charge on any atom is -0.380 e. The Balaban J connectivity index is 2.39. The summed E-state index contributed by atoms with van der Waals surface area (Å²) in [5.41, 5.74) is 0.779. The standard InChI is InChI=1S/C14H18ClNO4S/c1-3-16(12-6-7-12)14(17)10-4-5-11(9-20-2)13(8-10)21(15,18)19/h4-5,8,12H,3,6-7,9H2,1-2H3. The highest BCUT2D eigenvalue weighted by atomic mass is 35.7. The second-order valence-corrected chi connectivity index (χ2v) is 7.55. The molecule has 5 nitrogen and oxygen atoms in total. The van der Waals surface area contributed by atoms with E-state index in [4.69, 9.17) is 15.4 Å². The lowest BCUT2D eigenvalue weighted by Gasteiger charge is -2.21. The molecule has 0 N–H and O–H groups in total. The van der Waals surface area contributed by atoms with Gasteiger partial charge in [0, 0.05) is 35.9 Å². The summed E-state index contributed by atoms with van der Waals surface area (Å²) in [6.45, 7) is 2.64. The Kier molecular flexibility index (Phi) is 4.91. The molecule has 1 aromatic rings. The van der Waals surface area contributed by atoms with Crippen LogP contribution >= 0.6 is 10.7 Å². The number of methoxy groups -OCH3 is 1. The van der Waals surface area contributed by atoms with Gasteiger partial charge in [0.15, 0.2) is 0 Å². The minimum absolute atomic E-state index is 0.0660. The van der Waals surface area contributed by atoms with Gasteiger partial charge in [-0.25, -0.2) is 8.42 Å². The van der Waals surface area contributed by atoms with Crippen LogP contribution in [0.25, 0.3) is 0 Å². The summed E-state index contributed by atoms with van der Waals surface area (Å²) >= 11 is 0. The molecule has 0 bridgehead atoms. The van der Waals surface area contributed by atoms with Gasteiger partial charge in [0.25, 0.3) is 15.0 Å². The van der Waals surface area contributed by atoms with E-state index in [0.717, 1.165) is 12.8 Å². The first-order chi connectivity index (χ1) is 9.88. The number of hydrogen-bond acceptors (Lipinski definition) is 4. The van der Waals surface area contributed by atoms with E-state index in [1.165, 1.54) is 13.2 Å². The molecule has 7 heteroatoms. The van der Waals surface area contributed by atoms with Crippen molar-refractivity contribution in [2.24, 2.45) is 0 Å². The number of amides is 1. The quantitative estimate of drug-likeness (QED) is 0.751. The Hall–Kier alpha value is -1.11. The van der Waals surface area contributed by atoms with Crippen LogP contribution in [-0.2, 0) is 20.4 Å². The van der Waals surface area contributed by atoms with Crippen molar-refractivity contribution in [3.8, 4) is 0 Å². The van der Waals surface area contributed by atoms with Crippen molar-refractivity contribution in [3.05, 3.63) is 29.3 Å². The van der Waals surface area contributed by atoms with Gasteiger partial charge >= 0.3 is 0 Å². The number of hydrogen-bond donors (Lipinski definition) is 0. The van der Waals surface area contributed by atoms with Crippen molar-refractivity contribution in [1.82, 2.24) is 4.90 Å². The van der Waals surface area contributed by atoms with Gasteiger partial charge in [0.05, 0.1) is 11.5 Å². The van der Waals surface area contributed by atoms with Gasteiger partial charge in [-0.3, -0.25) is 4.79 Å². The van der Waals surface area contributed by atoms with E-state index in [-0.39, 0.29) is 23.5 Å². The third-order valence-corrected chi connectivity index (χ3v) is 4.87. The van der Waals surface area contributed by atoms with Crippen LogP contribution in [0.3, 0.4) is 0 Å². The number of ether oxygens (including phenoxy) is 1. The molecular formula is C14H18ClNO4S. The monoisotopic (exact) mass is 331 g/mol. The SMILES string of the molecule is CCN(C(=O)c1ccc(COC)c(S(=O)(=O)Cl)c1)C1CC1. The van der Waals surface area contributed by atoms with Gasteiger partial charge in [-0.1, -0.05) is 6.07 Å². The highest BCUT2D eigenvalue weighted by Crippen LogP contribution is 2.29. The lowest BCUT2D eigenvalue weighted by Crippen LogP contribution is -2.32. The summed E-state index contributed by atoms with van der Waals surface area (Å²) in [6.07, 6.45) is 2.00. The summed E-state index contributed by atoms with van der Waals surface area (Å²) in [5.74, 6) is -0.162. The normalized spacial score (nSPS) is 15.0. The van der Waals surface area contributed by atoms with Gasteiger partial charge in [-0.05, 0) is 37.5 Å². The molecular weight excluding hydrogens is 314 g/mol. The summed E-state index contributed by atoms with van der Waals surface area (Å²) < 4.78 is 28.3. The highest BCUT2D eigenvalue weighted by molar-refractivity contribution is 8.13. The van der Waals surface area contributed by atoms with Crippen LogP contribution in [0.2, 0.25) is 0 Å². The molecule has 0 saturated heterocycles.